The van der Waals surface area contributed by atoms with Gasteiger partial charge in [0.2, 0.25) is 0 Å². The summed E-state index contributed by atoms with van der Waals surface area (Å²) in [5, 5.41) is 9.72. The van der Waals surface area contributed by atoms with Crippen molar-refractivity contribution in [1.82, 2.24) is 0 Å². The third kappa shape index (κ3) is 1.52. The Morgan fingerprint density at radius 1 is 1.45 bits per heavy atom. The van der Waals surface area contributed by atoms with Crippen molar-refractivity contribution in [1.29, 1.82) is 0 Å². The summed E-state index contributed by atoms with van der Waals surface area (Å²) in [7, 11) is -1.05. The van der Waals surface area contributed by atoms with Gasteiger partial charge in [-0.25, -0.2) is 0 Å². The second kappa shape index (κ2) is 2.59. The van der Waals surface area contributed by atoms with E-state index in [4.69, 9.17) is 0 Å². The fourth-order valence-electron chi connectivity index (χ4n) is 2.09. The van der Waals surface area contributed by atoms with Gasteiger partial charge in [-0.05, 0) is 18.9 Å². The van der Waals surface area contributed by atoms with E-state index in [1.165, 1.54) is 12.1 Å². The molecule has 1 fully saturated rings. The molecule has 0 amide bonds. The van der Waals surface area contributed by atoms with Gasteiger partial charge in [0.15, 0.2) is 0 Å². The molecule has 11 heavy (non-hydrogen) atoms. The monoisotopic (exact) mass is 172 g/mol. The second-order valence-electron chi connectivity index (χ2n) is 4.48. The molecule has 0 spiro atoms. The average molecular weight is 172 g/mol. The van der Waals surface area contributed by atoms with E-state index in [1.807, 2.05) is 6.92 Å². The van der Waals surface area contributed by atoms with E-state index in [9.17, 15) is 5.11 Å². The van der Waals surface area contributed by atoms with Crippen molar-refractivity contribution in [3.8, 4) is 0 Å². The first kappa shape index (κ1) is 9.27. The van der Waals surface area contributed by atoms with Gasteiger partial charge in [-0.15, -0.1) is 0 Å². The first-order valence-corrected chi connectivity index (χ1v) is 7.68. The van der Waals surface area contributed by atoms with Crippen LogP contribution < -0.4 is 0 Å². The zero-order chi connectivity index (χ0) is 8.70. The molecule has 0 radical (unpaired) electrons. The van der Waals surface area contributed by atoms with Gasteiger partial charge in [0, 0.05) is 0 Å². The Morgan fingerprint density at radius 2 is 1.82 bits per heavy atom. The van der Waals surface area contributed by atoms with Crippen LogP contribution in [-0.4, -0.2) is 18.8 Å². The molecule has 1 nitrogen and oxygen atoms in total. The largest absolute Gasteiger partial charge is 0.390 e. The molecule has 0 aromatic heterocycles. The Bertz CT molecular complexity index is 150. The van der Waals surface area contributed by atoms with E-state index >= 15 is 0 Å². The third-order valence-corrected chi connectivity index (χ3v) is 9.40. The lowest BCUT2D eigenvalue weighted by Crippen LogP contribution is -2.31. The second-order valence-corrected chi connectivity index (χ2v) is 9.89. The molecule has 0 heterocycles. The molecule has 2 heteroatoms. The zero-order valence-corrected chi connectivity index (χ0v) is 9.15. The predicted octanol–water partition coefficient (Wildman–Crippen LogP) is 2.63. The highest BCUT2D eigenvalue weighted by atomic mass is 28.3. The van der Waals surface area contributed by atoms with Gasteiger partial charge in [0.25, 0.3) is 0 Å². The van der Waals surface area contributed by atoms with Gasteiger partial charge in [0.05, 0.1) is 13.7 Å². The van der Waals surface area contributed by atoms with Crippen LogP contribution in [0.5, 0.6) is 0 Å². The lowest BCUT2D eigenvalue weighted by Gasteiger charge is -2.25. The summed E-state index contributed by atoms with van der Waals surface area (Å²) in [4.78, 5) is 0. The molecule has 66 valence electrons. The van der Waals surface area contributed by atoms with Crippen LogP contribution in [0.1, 0.15) is 27.2 Å². The lowest BCUT2D eigenvalue weighted by molar-refractivity contribution is 0.171. The van der Waals surface area contributed by atoms with Gasteiger partial charge < -0.3 is 5.11 Å². The summed E-state index contributed by atoms with van der Waals surface area (Å²) in [5.41, 5.74) is 0.400. The topological polar surface area (TPSA) is 20.2 Å². The quantitative estimate of drug-likeness (QED) is 0.649. The smallest absolute Gasteiger partial charge is 0.0626 e. The number of rotatable bonds is 3. The van der Waals surface area contributed by atoms with Crippen LogP contribution in [0.4, 0.5) is 0 Å². The Kier molecular flexibility index (Phi) is 2.19. The van der Waals surface area contributed by atoms with Gasteiger partial charge in [-0.1, -0.05) is 32.5 Å². The summed E-state index contributed by atoms with van der Waals surface area (Å²) in [6.45, 7) is 8.99. The lowest BCUT2D eigenvalue weighted by atomic mass is 10.4. The highest BCUT2D eigenvalue weighted by Crippen LogP contribution is 2.57. The maximum absolute atomic E-state index is 9.72. The van der Waals surface area contributed by atoms with Crippen LogP contribution in [0.15, 0.2) is 0 Å². The molecule has 1 aliphatic carbocycles. The number of hydrogen-bond acceptors (Lipinski definition) is 1. The average Bonchev–Trinajstić information content (AvgIpc) is 2.59. The van der Waals surface area contributed by atoms with Crippen molar-refractivity contribution in [2.75, 3.05) is 0 Å². The van der Waals surface area contributed by atoms with Crippen LogP contribution in [0.3, 0.4) is 0 Å². The Hall–Kier alpha value is 0.177. The molecule has 0 aromatic rings. The van der Waals surface area contributed by atoms with E-state index in [-0.39, 0.29) is 5.60 Å². The minimum Gasteiger partial charge on any atom is -0.390 e. The Balaban J connectivity index is 2.59. The van der Waals surface area contributed by atoms with Crippen LogP contribution in [-0.2, 0) is 0 Å². The van der Waals surface area contributed by atoms with Crippen molar-refractivity contribution >= 4 is 8.07 Å². The summed E-state index contributed by atoms with van der Waals surface area (Å²) in [6, 6.07) is 2.65. The van der Waals surface area contributed by atoms with Crippen molar-refractivity contribution in [3.63, 3.8) is 0 Å². The fourth-order valence-corrected chi connectivity index (χ4v) is 5.99. The molecule has 1 rings (SSSR count). The maximum atomic E-state index is 9.72. The zero-order valence-electron chi connectivity index (χ0n) is 8.15. The minimum atomic E-state index is -1.05. The summed E-state index contributed by atoms with van der Waals surface area (Å²) < 4.78 is 0. The van der Waals surface area contributed by atoms with Crippen LogP contribution >= 0.6 is 0 Å². The van der Waals surface area contributed by atoms with Gasteiger partial charge >= 0.3 is 0 Å². The molecule has 0 aromatic carbocycles. The Labute approximate surface area is 70.8 Å². The highest BCUT2D eigenvalue weighted by Gasteiger charge is 2.57. The van der Waals surface area contributed by atoms with E-state index in [0.29, 0.717) is 5.54 Å². The molecular formula is C9H20OSi. The van der Waals surface area contributed by atoms with Gasteiger partial charge in [0.1, 0.15) is 0 Å². The van der Waals surface area contributed by atoms with Crippen molar-refractivity contribution < 1.29 is 5.11 Å². The molecule has 2 unspecified atom stereocenters. The summed E-state index contributed by atoms with van der Waals surface area (Å²) in [5.74, 6) is 0. The summed E-state index contributed by atoms with van der Waals surface area (Å²) >= 11 is 0. The molecular weight excluding hydrogens is 152 g/mol. The standard InChI is InChI=1S/C9H20OSi/c1-5-11(4,6-2)8-7-9(8,3)10/h8,10H,5-7H2,1-4H3. The Morgan fingerprint density at radius 3 is 1.91 bits per heavy atom. The summed E-state index contributed by atoms with van der Waals surface area (Å²) in [6.07, 6.45) is 1.07. The van der Waals surface area contributed by atoms with Crippen LogP contribution in [0.25, 0.3) is 0 Å². The molecule has 1 aliphatic rings. The first-order chi connectivity index (χ1) is 4.96. The van der Waals surface area contributed by atoms with Gasteiger partial charge in [-0.2, -0.15) is 0 Å². The van der Waals surface area contributed by atoms with E-state index in [1.54, 1.807) is 0 Å². The SMILES string of the molecule is CC[Si](C)(CC)C1CC1(C)O. The van der Waals surface area contributed by atoms with E-state index < -0.39 is 8.07 Å². The van der Waals surface area contributed by atoms with Crippen LogP contribution in [0.2, 0.25) is 24.2 Å². The molecule has 0 saturated heterocycles. The molecule has 1 saturated carbocycles. The molecule has 0 aliphatic heterocycles. The maximum Gasteiger partial charge on any atom is 0.0626 e. The predicted molar refractivity (Wildman–Crippen MR) is 51.6 cm³/mol. The van der Waals surface area contributed by atoms with Crippen molar-refractivity contribution in [2.24, 2.45) is 0 Å². The molecule has 1 N–H and O–H groups in total. The number of hydrogen-bond donors (Lipinski definition) is 1. The van der Waals surface area contributed by atoms with Gasteiger partial charge in [-0.3, -0.25) is 0 Å². The van der Waals surface area contributed by atoms with E-state index in [0.717, 1.165) is 6.42 Å². The number of aliphatic hydroxyl groups is 1. The molecule has 2 atom stereocenters. The third-order valence-electron chi connectivity index (χ3n) is 3.66. The van der Waals surface area contributed by atoms with Crippen LogP contribution in [0, 0.1) is 0 Å². The highest BCUT2D eigenvalue weighted by molar-refractivity contribution is 6.81. The fraction of sp³-hybridized carbons (Fsp3) is 1.00. The minimum absolute atomic E-state index is 0.285. The molecule has 0 bridgehead atoms. The first-order valence-electron chi connectivity index (χ1n) is 4.68. The van der Waals surface area contributed by atoms with Crippen molar-refractivity contribution in [2.45, 2.75) is 57.0 Å². The van der Waals surface area contributed by atoms with E-state index in [2.05, 4.69) is 20.4 Å². The van der Waals surface area contributed by atoms with Crippen molar-refractivity contribution in [3.05, 3.63) is 0 Å². The normalized spacial score (nSPS) is 37.4.